The van der Waals surface area contributed by atoms with Crippen molar-refractivity contribution in [2.75, 3.05) is 44.4 Å². The van der Waals surface area contributed by atoms with Crippen LogP contribution in [0.3, 0.4) is 0 Å². The van der Waals surface area contributed by atoms with Gasteiger partial charge in [-0.05, 0) is 26.6 Å². The van der Waals surface area contributed by atoms with Crippen molar-refractivity contribution in [3.63, 3.8) is 0 Å². The molecule has 0 unspecified atom stereocenters. The van der Waals surface area contributed by atoms with E-state index in [9.17, 15) is 10.1 Å². The first-order chi connectivity index (χ1) is 8.95. The van der Waals surface area contributed by atoms with Crippen LogP contribution in [-0.4, -0.2) is 48.5 Å². The summed E-state index contributed by atoms with van der Waals surface area (Å²) in [5, 5.41) is 11.1. The van der Waals surface area contributed by atoms with Crippen LogP contribution in [0.2, 0.25) is 0 Å². The minimum Gasteiger partial charge on any atom is -0.384 e. The maximum absolute atomic E-state index is 11.1. The number of hydrogen-bond acceptors (Lipinski definition) is 6. The maximum Gasteiger partial charge on any atom is 0.311 e. The lowest BCUT2D eigenvalue weighted by atomic mass is 10.3. The Balaban J connectivity index is 3.05. The van der Waals surface area contributed by atoms with E-state index in [0.29, 0.717) is 24.7 Å². The summed E-state index contributed by atoms with van der Waals surface area (Å²) in [6, 6.07) is 2.87. The molecular weight excluding hydrogens is 246 g/mol. The molecular formula is C12H21N5O2. The van der Waals surface area contributed by atoms with Gasteiger partial charge in [0, 0.05) is 25.7 Å². The SMILES string of the molecule is CCCN(CCN(C)C)c1nc(N)ccc1[N+](=O)[O-]. The molecule has 0 aliphatic carbocycles. The first-order valence-corrected chi connectivity index (χ1v) is 6.26. The molecule has 0 fully saturated rings. The third kappa shape index (κ3) is 4.36. The monoisotopic (exact) mass is 267 g/mol. The van der Waals surface area contributed by atoms with Gasteiger partial charge in [-0.3, -0.25) is 10.1 Å². The largest absolute Gasteiger partial charge is 0.384 e. The highest BCUT2D eigenvalue weighted by Gasteiger charge is 2.21. The predicted octanol–water partition coefficient (Wildman–Crippen LogP) is 1.35. The zero-order valence-electron chi connectivity index (χ0n) is 11.7. The summed E-state index contributed by atoms with van der Waals surface area (Å²) in [7, 11) is 3.93. The summed E-state index contributed by atoms with van der Waals surface area (Å²) >= 11 is 0. The molecule has 106 valence electrons. The van der Waals surface area contributed by atoms with Gasteiger partial charge in [0.15, 0.2) is 0 Å². The Bertz CT molecular complexity index is 436. The van der Waals surface area contributed by atoms with E-state index >= 15 is 0 Å². The van der Waals surface area contributed by atoms with Crippen LogP contribution in [0.15, 0.2) is 12.1 Å². The van der Waals surface area contributed by atoms with Gasteiger partial charge in [-0.1, -0.05) is 6.92 Å². The summed E-state index contributed by atoms with van der Waals surface area (Å²) in [5.41, 5.74) is 5.65. The smallest absolute Gasteiger partial charge is 0.311 e. The summed E-state index contributed by atoms with van der Waals surface area (Å²) in [6.07, 6.45) is 0.890. The number of pyridine rings is 1. The van der Waals surface area contributed by atoms with E-state index in [1.165, 1.54) is 12.1 Å². The van der Waals surface area contributed by atoms with Gasteiger partial charge in [0.05, 0.1) is 4.92 Å². The summed E-state index contributed by atoms with van der Waals surface area (Å²) in [5.74, 6) is 0.653. The highest BCUT2D eigenvalue weighted by atomic mass is 16.6. The molecule has 1 aromatic heterocycles. The minimum atomic E-state index is -0.417. The van der Waals surface area contributed by atoms with Crippen molar-refractivity contribution >= 4 is 17.3 Å². The standard InChI is InChI=1S/C12H21N5O2/c1-4-7-16(9-8-15(2)3)12-10(17(18)19)5-6-11(13)14-12/h5-6H,4,7-9H2,1-3H3,(H2,13,14). The van der Waals surface area contributed by atoms with Crippen molar-refractivity contribution < 1.29 is 4.92 Å². The Morgan fingerprint density at radius 2 is 2.00 bits per heavy atom. The lowest BCUT2D eigenvalue weighted by Crippen LogP contribution is -2.33. The number of nitro groups is 1. The minimum absolute atomic E-state index is 0.00130. The molecule has 0 spiro atoms. The van der Waals surface area contributed by atoms with Gasteiger partial charge in [-0.25, -0.2) is 4.98 Å². The van der Waals surface area contributed by atoms with Crippen molar-refractivity contribution in [1.29, 1.82) is 0 Å². The van der Waals surface area contributed by atoms with Crippen LogP contribution in [0.25, 0.3) is 0 Å². The normalized spacial score (nSPS) is 10.7. The van der Waals surface area contributed by atoms with Crippen molar-refractivity contribution in [3.05, 3.63) is 22.2 Å². The quantitative estimate of drug-likeness (QED) is 0.592. The fourth-order valence-electron chi connectivity index (χ4n) is 1.75. The van der Waals surface area contributed by atoms with Crippen molar-refractivity contribution in [2.45, 2.75) is 13.3 Å². The number of aromatic nitrogens is 1. The van der Waals surface area contributed by atoms with E-state index in [1.54, 1.807) is 0 Å². The summed E-state index contributed by atoms with van der Waals surface area (Å²) in [6.45, 7) is 4.22. The third-order valence-electron chi connectivity index (χ3n) is 2.68. The van der Waals surface area contributed by atoms with Crippen molar-refractivity contribution in [1.82, 2.24) is 9.88 Å². The first-order valence-electron chi connectivity index (χ1n) is 6.26. The van der Waals surface area contributed by atoms with E-state index in [1.807, 2.05) is 30.8 Å². The maximum atomic E-state index is 11.1. The molecule has 0 aliphatic rings. The third-order valence-corrected chi connectivity index (χ3v) is 2.68. The second-order valence-electron chi connectivity index (χ2n) is 4.63. The van der Waals surface area contributed by atoms with Crippen LogP contribution in [-0.2, 0) is 0 Å². The first kappa shape index (κ1) is 15.2. The zero-order chi connectivity index (χ0) is 14.4. The van der Waals surface area contributed by atoms with Gasteiger partial charge in [-0.2, -0.15) is 0 Å². The molecule has 7 nitrogen and oxygen atoms in total. The molecule has 0 aromatic carbocycles. The zero-order valence-corrected chi connectivity index (χ0v) is 11.7. The number of nitrogens with zero attached hydrogens (tertiary/aromatic N) is 4. The fourth-order valence-corrected chi connectivity index (χ4v) is 1.75. The molecule has 19 heavy (non-hydrogen) atoms. The summed E-state index contributed by atoms with van der Waals surface area (Å²) in [4.78, 5) is 18.7. The van der Waals surface area contributed by atoms with Gasteiger partial charge in [0.1, 0.15) is 5.82 Å². The van der Waals surface area contributed by atoms with Gasteiger partial charge in [-0.15, -0.1) is 0 Å². The molecule has 1 rings (SSSR count). The Morgan fingerprint density at radius 1 is 1.32 bits per heavy atom. The Morgan fingerprint density at radius 3 is 2.53 bits per heavy atom. The van der Waals surface area contributed by atoms with E-state index in [4.69, 9.17) is 5.73 Å². The highest BCUT2D eigenvalue weighted by molar-refractivity contribution is 5.61. The lowest BCUT2D eigenvalue weighted by molar-refractivity contribution is -0.384. The van der Waals surface area contributed by atoms with Crippen LogP contribution < -0.4 is 10.6 Å². The van der Waals surface area contributed by atoms with Gasteiger partial charge in [0.25, 0.3) is 0 Å². The molecule has 1 heterocycles. The second-order valence-corrected chi connectivity index (χ2v) is 4.63. The molecule has 0 aliphatic heterocycles. The van der Waals surface area contributed by atoms with Crippen LogP contribution >= 0.6 is 0 Å². The van der Waals surface area contributed by atoms with E-state index in [-0.39, 0.29) is 5.69 Å². The fraction of sp³-hybridized carbons (Fsp3) is 0.583. The molecule has 1 aromatic rings. The second kappa shape index (κ2) is 6.89. The van der Waals surface area contributed by atoms with Gasteiger partial charge < -0.3 is 15.5 Å². The molecule has 2 N–H and O–H groups in total. The number of rotatable bonds is 7. The van der Waals surface area contributed by atoms with Crippen LogP contribution in [0.5, 0.6) is 0 Å². The number of likely N-dealkylation sites (N-methyl/N-ethyl adjacent to an activating group) is 1. The van der Waals surface area contributed by atoms with Crippen LogP contribution in [0, 0.1) is 10.1 Å². The number of hydrogen-bond donors (Lipinski definition) is 1. The average molecular weight is 267 g/mol. The Labute approximate surface area is 113 Å². The lowest BCUT2D eigenvalue weighted by Gasteiger charge is -2.24. The topological polar surface area (TPSA) is 88.5 Å². The Kier molecular flexibility index (Phi) is 5.50. The molecule has 7 heteroatoms. The molecule has 0 atom stereocenters. The van der Waals surface area contributed by atoms with E-state index in [2.05, 4.69) is 4.98 Å². The molecule has 0 radical (unpaired) electrons. The predicted molar refractivity (Wildman–Crippen MR) is 76.4 cm³/mol. The van der Waals surface area contributed by atoms with E-state index in [0.717, 1.165) is 13.0 Å². The molecule has 0 bridgehead atoms. The van der Waals surface area contributed by atoms with Crippen LogP contribution in [0.1, 0.15) is 13.3 Å². The highest BCUT2D eigenvalue weighted by Crippen LogP contribution is 2.26. The van der Waals surface area contributed by atoms with Gasteiger partial charge in [0.2, 0.25) is 5.82 Å². The Hall–Kier alpha value is -1.89. The number of nitrogens with two attached hydrogens (primary N) is 1. The number of anilines is 2. The summed E-state index contributed by atoms with van der Waals surface area (Å²) < 4.78 is 0. The van der Waals surface area contributed by atoms with Crippen molar-refractivity contribution in [2.24, 2.45) is 0 Å². The van der Waals surface area contributed by atoms with Crippen LogP contribution in [0.4, 0.5) is 17.3 Å². The van der Waals surface area contributed by atoms with Gasteiger partial charge >= 0.3 is 5.69 Å². The molecule has 0 saturated heterocycles. The van der Waals surface area contributed by atoms with Crippen molar-refractivity contribution in [3.8, 4) is 0 Å². The number of nitrogen functional groups attached to an aromatic ring is 1. The molecule has 0 amide bonds. The molecule has 0 saturated carbocycles. The average Bonchev–Trinajstić information content (AvgIpc) is 2.33. The van der Waals surface area contributed by atoms with E-state index < -0.39 is 4.92 Å².